The largest absolute Gasteiger partial charge is 0.316 e. The molecule has 0 atom stereocenters. The molecule has 0 radical (unpaired) electrons. The van der Waals surface area contributed by atoms with Gasteiger partial charge in [0.25, 0.3) is 0 Å². The second-order valence-electron chi connectivity index (χ2n) is 5.00. The number of aromatic nitrogens is 3. The summed E-state index contributed by atoms with van der Waals surface area (Å²) in [6, 6.07) is 3.90. The summed E-state index contributed by atoms with van der Waals surface area (Å²) in [5, 5.41) is 0. The van der Waals surface area contributed by atoms with Gasteiger partial charge in [-0.05, 0) is 47.3 Å². The monoisotopic (exact) mass is 335 g/mol. The minimum atomic E-state index is -0.482. The van der Waals surface area contributed by atoms with Crippen molar-refractivity contribution in [2.45, 2.75) is 31.8 Å². The summed E-state index contributed by atoms with van der Waals surface area (Å²) in [6.45, 7) is 0.312. The molecule has 2 aromatic rings. The minimum absolute atomic E-state index is 0.204. The van der Waals surface area contributed by atoms with Crippen LogP contribution in [0.4, 0.5) is 0 Å². The molecule has 0 N–H and O–H groups in total. The molecular weight excluding hydrogens is 322 g/mol. The van der Waals surface area contributed by atoms with E-state index >= 15 is 0 Å². The molecule has 1 aliphatic carbocycles. The molecule has 0 unspecified atom stereocenters. The average Bonchev–Trinajstić information content (AvgIpc) is 2.39. The lowest BCUT2D eigenvalue weighted by Crippen LogP contribution is -2.43. The molecule has 0 aliphatic heterocycles. The summed E-state index contributed by atoms with van der Waals surface area (Å²) in [5.41, 5.74) is -0.172. The van der Waals surface area contributed by atoms with E-state index in [1.165, 1.54) is 4.57 Å². The van der Waals surface area contributed by atoms with E-state index < -0.39 is 11.1 Å². The SMILES string of the molecule is O=c1c(=O)n(C2CCC2)ccn1Cc1ccc(Br)cn1. The smallest absolute Gasteiger partial charge is 0.306 e. The second kappa shape index (κ2) is 5.36. The Balaban J connectivity index is 1.91. The third kappa shape index (κ3) is 2.47. The lowest BCUT2D eigenvalue weighted by atomic mass is 9.93. The summed E-state index contributed by atoms with van der Waals surface area (Å²) in [7, 11) is 0. The van der Waals surface area contributed by atoms with Crippen LogP contribution in [0, 0.1) is 0 Å². The van der Waals surface area contributed by atoms with Gasteiger partial charge in [-0.3, -0.25) is 14.6 Å². The van der Waals surface area contributed by atoms with Crippen molar-refractivity contribution in [2.75, 3.05) is 0 Å². The number of pyridine rings is 1. The number of hydrogen-bond acceptors (Lipinski definition) is 3. The van der Waals surface area contributed by atoms with E-state index in [0.29, 0.717) is 6.54 Å². The van der Waals surface area contributed by atoms with Crippen molar-refractivity contribution in [1.82, 2.24) is 14.1 Å². The molecule has 1 saturated carbocycles. The van der Waals surface area contributed by atoms with Gasteiger partial charge in [0.1, 0.15) is 0 Å². The van der Waals surface area contributed by atoms with Crippen molar-refractivity contribution in [3.05, 3.63) is 61.6 Å². The van der Waals surface area contributed by atoms with E-state index in [-0.39, 0.29) is 6.04 Å². The van der Waals surface area contributed by atoms with Crippen LogP contribution in [0.1, 0.15) is 31.0 Å². The summed E-state index contributed by atoms with van der Waals surface area (Å²) in [4.78, 5) is 28.4. The molecule has 104 valence electrons. The highest BCUT2D eigenvalue weighted by Crippen LogP contribution is 2.29. The van der Waals surface area contributed by atoms with Gasteiger partial charge in [0.15, 0.2) is 0 Å². The zero-order valence-electron chi connectivity index (χ0n) is 10.8. The average molecular weight is 336 g/mol. The van der Waals surface area contributed by atoms with Crippen LogP contribution in [0.5, 0.6) is 0 Å². The van der Waals surface area contributed by atoms with Crippen LogP contribution in [0.3, 0.4) is 0 Å². The molecule has 20 heavy (non-hydrogen) atoms. The van der Waals surface area contributed by atoms with Crippen LogP contribution in [0.25, 0.3) is 0 Å². The fourth-order valence-electron chi connectivity index (χ4n) is 2.27. The van der Waals surface area contributed by atoms with E-state index in [9.17, 15) is 9.59 Å². The van der Waals surface area contributed by atoms with E-state index in [1.807, 2.05) is 12.1 Å². The van der Waals surface area contributed by atoms with Gasteiger partial charge in [0.2, 0.25) is 0 Å². The lowest BCUT2D eigenvalue weighted by molar-refractivity contribution is 0.303. The standard InChI is InChI=1S/C14H14BrN3O2/c15-10-4-5-11(16-8-10)9-17-6-7-18(12-2-1-3-12)14(20)13(17)19/h4-8,12H,1-3,9H2. The van der Waals surface area contributed by atoms with Gasteiger partial charge in [0, 0.05) is 29.1 Å². The van der Waals surface area contributed by atoms with Gasteiger partial charge in [-0.15, -0.1) is 0 Å². The van der Waals surface area contributed by atoms with Crippen molar-refractivity contribution >= 4 is 15.9 Å². The Morgan fingerprint density at radius 3 is 2.60 bits per heavy atom. The first-order valence-electron chi connectivity index (χ1n) is 6.57. The number of rotatable bonds is 3. The van der Waals surface area contributed by atoms with Crippen LogP contribution in [-0.2, 0) is 6.54 Å². The topological polar surface area (TPSA) is 56.9 Å². The van der Waals surface area contributed by atoms with Crippen LogP contribution < -0.4 is 11.1 Å². The molecule has 5 nitrogen and oxygen atoms in total. The molecule has 0 amide bonds. The Morgan fingerprint density at radius 1 is 1.20 bits per heavy atom. The number of hydrogen-bond donors (Lipinski definition) is 0. The quantitative estimate of drug-likeness (QED) is 0.805. The molecule has 2 heterocycles. The maximum Gasteiger partial charge on any atom is 0.316 e. The van der Waals surface area contributed by atoms with Crippen molar-refractivity contribution < 1.29 is 0 Å². The van der Waals surface area contributed by atoms with Crippen molar-refractivity contribution in [3.63, 3.8) is 0 Å². The molecule has 6 heteroatoms. The first kappa shape index (κ1) is 13.3. The number of halogens is 1. The van der Waals surface area contributed by atoms with Crippen LogP contribution >= 0.6 is 15.9 Å². The van der Waals surface area contributed by atoms with Gasteiger partial charge >= 0.3 is 11.1 Å². The third-order valence-corrected chi connectivity index (χ3v) is 4.14. The van der Waals surface area contributed by atoms with E-state index in [4.69, 9.17) is 0 Å². The van der Waals surface area contributed by atoms with Crippen LogP contribution in [0.15, 0.2) is 44.8 Å². The highest BCUT2D eigenvalue weighted by atomic mass is 79.9. The van der Waals surface area contributed by atoms with Gasteiger partial charge in [-0.25, -0.2) is 0 Å². The van der Waals surface area contributed by atoms with Crippen LogP contribution in [0.2, 0.25) is 0 Å². The maximum atomic E-state index is 12.1. The van der Waals surface area contributed by atoms with E-state index in [0.717, 1.165) is 29.4 Å². The van der Waals surface area contributed by atoms with Crippen molar-refractivity contribution in [3.8, 4) is 0 Å². The van der Waals surface area contributed by atoms with E-state index in [2.05, 4.69) is 20.9 Å². The highest BCUT2D eigenvalue weighted by Gasteiger charge is 2.21. The minimum Gasteiger partial charge on any atom is -0.306 e. The molecule has 2 aromatic heterocycles. The first-order chi connectivity index (χ1) is 9.65. The summed E-state index contributed by atoms with van der Waals surface area (Å²) in [6.07, 6.45) is 8.16. The number of nitrogens with zero attached hydrogens (tertiary/aromatic N) is 3. The Hall–Kier alpha value is -1.69. The molecule has 1 aliphatic rings. The van der Waals surface area contributed by atoms with Crippen molar-refractivity contribution in [2.24, 2.45) is 0 Å². The molecule has 3 rings (SSSR count). The predicted octanol–water partition coefficient (Wildman–Crippen LogP) is 1.94. The molecule has 0 saturated heterocycles. The molecule has 0 spiro atoms. The van der Waals surface area contributed by atoms with Gasteiger partial charge < -0.3 is 9.13 Å². The highest BCUT2D eigenvalue weighted by molar-refractivity contribution is 9.10. The molecular formula is C14H14BrN3O2. The lowest BCUT2D eigenvalue weighted by Gasteiger charge is -2.27. The Labute approximate surface area is 124 Å². The first-order valence-corrected chi connectivity index (χ1v) is 7.36. The molecule has 0 aromatic carbocycles. The third-order valence-electron chi connectivity index (χ3n) is 3.67. The van der Waals surface area contributed by atoms with Crippen molar-refractivity contribution in [1.29, 1.82) is 0 Å². The fraction of sp³-hybridized carbons (Fsp3) is 0.357. The fourth-order valence-corrected chi connectivity index (χ4v) is 2.51. The predicted molar refractivity (Wildman–Crippen MR) is 78.9 cm³/mol. The van der Waals surface area contributed by atoms with Gasteiger partial charge in [-0.1, -0.05) is 0 Å². The summed E-state index contributed by atoms with van der Waals surface area (Å²) < 4.78 is 3.86. The maximum absolute atomic E-state index is 12.1. The van der Waals surface area contributed by atoms with E-state index in [1.54, 1.807) is 23.2 Å². The molecule has 1 fully saturated rings. The van der Waals surface area contributed by atoms with Gasteiger partial charge in [0.05, 0.1) is 12.2 Å². The van der Waals surface area contributed by atoms with Gasteiger partial charge in [-0.2, -0.15) is 0 Å². The Morgan fingerprint density at radius 2 is 2.00 bits per heavy atom. The summed E-state index contributed by atoms with van der Waals surface area (Å²) in [5.74, 6) is 0. The zero-order valence-corrected chi connectivity index (χ0v) is 12.4. The van der Waals surface area contributed by atoms with Crippen LogP contribution in [-0.4, -0.2) is 14.1 Å². The normalized spacial score (nSPS) is 15.1. The molecule has 0 bridgehead atoms. The Bertz CT molecular complexity index is 729. The zero-order chi connectivity index (χ0) is 14.1. The summed E-state index contributed by atoms with van der Waals surface area (Å²) >= 11 is 3.31. The Kier molecular flexibility index (Phi) is 3.56. The second-order valence-corrected chi connectivity index (χ2v) is 5.91.